The maximum atomic E-state index is 9.58. The average Bonchev–Trinajstić information content (AvgIpc) is 3.21. The second-order valence-corrected chi connectivity index (χ2v) is 4.85. The Kier molecular flexibility index (Phi) is 3.78. The Balaban J connectivity index is 2.36. The molecule has 1 aliphatic rings. The Morgan fingerprint density at radius 2 is 2.06 bits per heavy atom. The normalized spacial score (nSPS) is 18.2. The minimum absolute atomic E-state index is 0.0311. The molecule has 0 heterocycles. The fraction of sp³-hybridized carbons (Fsp3) is 0.571. The number of aliphatic hydroxyl groups is 1. The lowest BCUT2D eigenvalue weighted by molar-refractivity contribution is 0.173. The molecule has 1 saturated carbocycles. The van der Waals surface area contributed by atoms with Gasteiger partial charge in [-0.05, 0) is 26.0 Å². The number of benzene rings is 1. The monoisotopic (exact) mass is 251 g/mol. The third-order valence-corrected chi connectivity index (χ3v) is 3.86. The van der Waals surface area contributed by atoms with E-state index in [0.29, 0.717) is 0 Å². The smallest absolute Gasteiger partial charge is 0.127 e. The van der Waals surface area contributed by atoms with E-state index in [1.54, 1.807) is 14.2 Å². The van der Waals surface area contributed by atoms with E-state index in [9.17, 15) is 5.11 Å². The number of hydrogen-bond acceptors (Lipinski definition) is 4. The highest BCUT2D eigenvalue weighted by Crippen LogP contribution is 2.55. The van der Waals surface area contributed by atoms with Crippen LogP contribution in [-0.4, -0.2) is 33.0 Å². The van der Waals surface area contributed by atoms with Crippen LogP contribution in [0.4, 0.5) is 0 Å². The third-order valence-electron chi connectivity index (χ3n) is 3.86. The minimum Gasteiger partial charge on any atom is -0.497 e. The van der Waals surface area contributed by atoms with Crippen LogP contribution in [0.3, 0.4) is 0 Å². The largest absolute Gasteiger partial charge is 0.497 e. The Bertz CT molecular complexity index is 416. The molecule has 2 N–H and O–H groups in total. The summed E-state index contributed by atoms with van der Waals surface area (Å²) in [5.74, 6) is 1.58. The third kappa shape index (κ3) is 2.18. The molecule has 1 fully saturated rings. The van der Waals surface area contributed by atoms with Gasteiger partial charge in [-0.15, -0.1) is 0 Å². The second-order valence-electron chi connectivity index (χ2n) is 4.85. The predicted molar refractivity (Wildman–Crippen MR) is 70.1 cm³/mol. The van der Waals surface area contributed by atoms with Crippen LogP contribution in [0.15, 0.2) is 18.2 Å². The fourth-order valence-electron chi connectivity index (χ4n) is 2.55. The van der Waals surface area contributed by atoms with Crippen molar-refractivity contribution in [1.29, 1.82) is 0 Å². The number of ether oxygens (including phenoxy) is 2. The molecule has 4 nitrogen and oxygen atoms in total. The first-order valence-corrected chi connectivity index (χ1v) is 6.21. The molecule has 0 aliphatic heterocycles. The van der Waals surface area contributed by atoms with Crippen molar-refractivity contribution in [1.82, 2.24) is 5.32 Å². The maximum Gasteiger partial charge on any atom is 0.127 e. The topological polar surface area (TPSA) is 50.7 Å². The summed E-state index contributed by atoms with van der Waals surface area (Å²) in [6.07, 6.45) is 2.09. The molecule has 0 amide bonds. The van der Waals surface area contributed by atoms with Crippen molar-refractivity contribution in [3.05, 3.63) is 23.8 Å². The van der Waals surface area contributed by atoms with Crippen LogP contribution in [0, 0.1) is 5.41 Å². The first-order valence-electron chi connectivity index (χ1n) is 6.21. The number of nitrogens with one attached hydrogen (secondary N) is 1. The zero-order chi connectivity index (χ0) is 13.2. The molecule has 4 heteroatoms. The van der Waals surface area contributed by atoms with Gasteiger partial charge in [-0.25, -0.2) is 0 Å². The average molecular weight is 251 g/mol. The van der Waals surface area contributed by atoms with Crippen molar-refractivity contribution < 1.29 is 14.6 Å². The Morgan fingerprint density at radius 1 is 1.33 bits per heavy atom. The molecule has 2 rings (SSSR count). The van der Waals surface area contributed by atoms with Crippen molar-refractivity contribution in [2.45, 2.75) is 18.9 Å². The lowest BCUT2D eigenvalue weighted by atomic mass is 9.90. The van der Waals surface area contributed by atoms with Crippen LogP contribution < -0.4 is 14.8 Å². The lowest BCUT2D eigenvalue weighted by Crippen LogP contribution is -2.29. The van der Waals surface area contributed by atoms with Gasteiger partial charge in [0.25, 0.3) is 0 Å². The maximum absolute atomic E-state index is 9.58. The molecule has 0 saturated heterocycles. The highest BCUT2D eigenvalue weighted by atomic mass is 16.5. The van der Waals surface area contributed by atoms with Crippen LogP contribution in [0.2, 0.25) is 0 Å². The predicted octanol–water partition coefficient (Wildman–Crippen LogP) is 1.74. The molecule has 1 unspecified atom stereocenters. The molecule has 1 aliphatic carbocycles. The van der Waals surface area contributed by atoms with E-state index in [2.05, 4.69) is 5.32 Å². The number of hydrogen-bond donors (Lipinski definition) is 2. The molecule has 0 bridgehead atoms. The van der Waals surface area contributed by atoms with Gasteiger partial charge >= 0.3 is 0 Å². The Hall–Kier alpha value is -1.26. The summed E-state index contributed by atoms with van der Waals surface area (Å²) in [6, 6.07) is 5.93. The summed E-state index contributed by atoms with van der Waals surface area (Å²) >= 11 is 0. The fourth-order valence-corrected chi connectivity index (χ4v) is 2.55. The molecule has 0 radical (unpaired) electrons. The second kappa shape index (κ2) is 5.16. The van der Waals surface area contributed by atoms with E-state index >= 15 is 0 Å². The van der Waals surface area contributed by atoms with Crippen molar-refractivity contribution in [2.75, 3.05) is 27.9 Å². The van der Waals surface area contributed by atoms with Gasteiger partial charge in [0.2, 0.25) is 0 Å². The van der Waals surface area contributed by atoms with Gasteiger partial charge in [0.1, 0.15) is 11.5 Å². The summed E-state index contributed by atoms with van der Waals surface area (Å²) in [4.78, 5) is 0. The van der Waals surface area contributed by atoms with Gasteiger partial charge in [-0.1, -0.05) is 6.07 Å². The standard InChI is InChI=1S/C14H21NO3/c1-15-13(14(9-16)6-7-14)11-5-4-10(17-2)8-12(11)18-3/h4-5,8,13,15-16H,6-7,9H2,1-3H3. The number of rotatable bonds is 6. The highest BCUT2D eigenvalue weighted by molar-refractivity contribution is 5.44. The van der Waals surface area contributed by atoms with E-state index < -0.39 is 0 Å². The van der Waals surface area contributed by atoms with Crippen LogP contribution >= 0.6 is 0 Å². The van der Waals surface area contributed by atoms with Gasteiger partial charge in [-0.2, -0.15) is 0 Å². The zero-order valence-corrected chi connectivity index (χ0v) is 11.2. The van der Waals surface area contributed by atoms with Crippen molar-refractivity contribution in [2.24, 2.45) is 5.41 Å². The summed E-state index contributed by atoms with van der Waals surface area (Å²) in [6.45, 7) is 0.202. The Labute approximate surface area is 108 Å². The molecule has 1 aromatic rings. The number of aliphatic hydroxyl groups excluding tert-OH is 1. The van der Waals surface area contributed by atoms with Crippen LogP contribution in [0.25, 0.3) is 0 Å². The van der Waals surface area contributed by atoms with Crippen molar-refractivity contribution in [3.63, 3.8) is 0 Å². The van der Waals surface area contributed by atoms with Gasteiger partial charge < -0.3 is 19.9 Å². The van der Waals surface area contributed by atoms with E-state index in [1.807, 2.05) is 25.2 Å². The molecule has 18 heavy (non-hydrogen) atoms. The SMILES string of the molecule is CNC(c1ccc(OC)cc1OC)C1(CO)CC1. The van der Waals surface area contributed by atoms with Crippen LogP contribution in [-0.2, 0) is 0 Å². The molecular weight excluding hydrogens is 230 g/mol. The van der Waals surface area contributed by atoms with Crippen molar-refractivity contribution in [3.8, 4) is 11.5 Å². The molecular formula is C14H21NO3. The van der Waals surface area contributed by atoms with E-state index in [-0.39, 0.29) is 18.1 Å². The van der Waals surface area contributed by atoms with Gasteiger partial charge in [-0.3, -0.25) is 0 Å². The van der Waals surface area contributed by atoms with E-state index in [4.69, 9.17) is 9.47 Å². The molecule has 1 atom stereocenters. The quantitative estimate of drug-likeness (QED) is 0.808. The number of methoxy groups -OCH3 is 2. The minimum atomic E-state index is -0.0311. The summed E-state index contributed by atoms with van der Waals surface area (Å²) in [5.41, 5.74) is 1.05. The first kappa shape index (κ1) is 13.2. The molecule has 0 spiro atoms. The lowest BCUT2D eigenvalue weighted by Gasteiger charge is -2.27. The van der Waals surface area contributed by atoms with Crippen molar-refractivity contribution >= 4 is 0 Å². The summed E-state index contributed by atoms with van der Waals surface area (Å²) < 4.78 is 10.6. The van der Waals surface area contributed by atoms with Crippen LogP contribution in [0.1, 0.15) is 24.4 Å². The van der Waals surface area contributed by atoms with E-state index in [1.165, 1.54) is 0 Å². The molecule has 1 aromatic carbocycles. The Morgan fingerprint density at radius 3 is 2.50 bits per heavy atom. The van der Waals surface area contributed by atoms with Crippen LogP contribution in [0.5, 0.6) is 11.5 Å². The molecule has 0 aromatic heterocycles. The summed E-state index contributed by atoms with van der Waals surface area (Å²) in [7, 11) is 5.22. The highest BCUT2D eigenvalue weighted by Gasteiger charge is 2.49. The zero-order valence-electron chi connectivity index (χ0n) is 11.2. The van der Waals surface area contributed by atoms with Gasteiger partial charge in [0.15, 0.2) is 0 Å². The van der Waals surface area contributed by atoms with E-state index in [0.717, 1.165) is 29.9 Å². The first-order chi connectivity index (χ1) is 8.70. The molecule has 100 valence electrons. The van der Waals surface area contributed by atoms with Gasteiger partial charge in [0, 0.05) is 23.1 Å². The summed E-state index contributed by atoms with van der Waals surface area (Å²) in [5, 5.41) is 12.9. The van der Waals surface area contributed by atoms with Gasteiger partial charge in [0.05, 0.1) is 20.8 Å².